The molecule has 8 heteroatoms. The molecule has 5 rings (SSSR count). The number of aromatic nitrogens is 2. The molecule has 1 aromatic heterocycles. The zero-order valence-corrected chi connectivity index (χ0v) is 18.4. The predicted molar refractivity (Wildman–Crippen MR) is 125 cm³/mol. The molecule has 3 aromatic carbocycles. The first-order valence-electron chi connectivity index (χ1n) is 10.8. The third-order valence-corrected chi connectivity index (χ3v) is 5.78. The topological polar surface area (TPSA) is 84.8 Å². The average Bonchev–Trinajstić information content (AvgIpc) is 3.26. The summed E-state index contributed by atoms with van der Waals surface area (Å²) in [5, 5.41) is 11.1. The molecular formula is C26H22FN3O4. The number of methoxy groups -OCH3 is 1. The van der Waals surface area contributed by atoms with Gasteiger partial charge in [-0.2, -0.15) is 0 Å². The largest absolute Gasteiger partial charge is 0.467 e. The van der Waals surface area contributed by atoms with Crippen molar-refractivity contribution in [3.63, 3.8) is 0 Å². The van der Waals surface area contributed by atoms with Crippen molar-refractivity contribution in [3.05, 3.63) is 78.6 Å². The Morgan fingerprint density at radius 3 is 2.38 bits per heavy atom. The number of nitrogens with zero attached hydrogens (tertiary/aromatic N) is 3. The molecule has 1 fully saturated rings. The third kappa shape index (κ3) is 4.27. The highest BCUT2D eigenvalue weighted by Crippen LogP contribution is 2.32. The van der Waals surface area contributed by atoms with Crippen LogP contribution in [0, 0.1) is 5.82 Å². The number of rotatable bonds is 5. The van der Waals surface area contributed by atoms with Crippen LogP contribution in [0.15, 0.2) is 72.8 Å². The second-order valence-electron chi connectivity index (χ2n) is 8.05. The summed E-state index contributed by atoms with van der Waals surface area (Å²) in [6.07, 6.45) is -0.418. The second kappa shape index (κ2) is 9.07. The van der Waals surface area contributed by atoms with Crippen LogP contribution in [0.4, 0.5) is 10.3 Å². The fourth-order valence-electron chi connectivity index (χ4n) is 4.13. The summed E-state index contributed by atoms with van der Waals surface area (Å²) < 4.78 is 23.9. The number of fused-ring (bicyclic) bond motifs is 1. The molecule has 7 nitrogen and oxygen atoms in total. The number of ether oxygens (including phenoxy) is 2. The van der Waals surface area contributed by atoms with Crippen molar-refractivity contribution in [2.45, 2.75) is 18.6 Å². The quantitative estimate of drug-likeness (QED) is 0.445. The van der Waals surface area contributed by atoms with E-state index in [-0.39, 0.29) is 18.8 Å². The second-order valence-corrected chi connectivity index (χ2v) is 8.05. The lowest BCUT2D eigenvalue weighted by Crippen LogP contribution is -2.38. The van der Waals surface area contributed by atoms with E-state index in [1.807, 2.05) is 48.5 Å². The zero-order valence-electron chi connectivity index (χ0n) is 18.4. The standard InChI is InChI=1S/C26H22FN3O4/c1-33-25(32)23-14-18(31)15-30(23)26-28-22-5-3-2-4-21(22)24(29-26)16-6-10-19(11-7-16)34-20-12-8-17(27)9-13-20/h2-13,18,23,31H,14-15H2,1H3/t18-,23+/m1/s1. The van der Waals surface area contributed by atoms with Gasteiger partial charge in [-0.25, -0.2) is 19.2 Å². The summed E-state index contributed by atoms with van der Waals surface area (Å²) in [7, 11) is 1.33. The lowest BCUT2D eigenvalue weighted by Gasteiger charge is -2.23. The fourth-order valence-corrected chi connectivity index (χ4v) is 4.13. The molecule has 0 amide bonds. The first-order chi connectivity index (χ1) is 16.5. The van der Waals surface area contributed by atoms with E-state index >= 15 is 0 Å². The Labute approximate surface area is 195 Å². The molecule has 1 aliphatic heterocycles. The minimum Gasteiger partial charge on any atom is -0.467 e. The summed E-state index contributed by atoms with van der Waals surface area (Å²) in [4.78, 5) is 23.5. The number of benzene rings is 3. The monoisotopic (exact) mass is 459 g/mol. The van der Waals surface area contributed by atoms with Crippen molar-refractivity contribution in [1.29, 1.82) is 0 Å². The van der Waals surface area contributed by atoms with Gasteiger partial charge in [0.25, 0.3) is 0 Å². The van der Waals surface area contributed by atoms with Gasteiger partial charge < -0.3 is 19.5 Å². The minimum atomic E-state index is -0.675. The van der Waals surface area contributed by atoms with E-state index in [0.717, 1.165) is 16.5 Å². The van der Waals surface area contributed by atoms with Crippen molar-refractivity contribution >= 4 is 22.8 Å². The number of carbonyl (C=O) groups is 1. The number of esters is 1. The Morgan fingerprint density at radius 1 is 1.00 bits per heavy atom. The Morgan fingerprint density at radius 2 is 1.68 bits per heavy atom. The number of β-amino-alcohol motifs (C(OH)–C–C–N with tert-alkyl or cyclic N) is 1. The predicted octanol–water partition coefficient (Wildman–Crippen LogP) is 4.34. The molecule has 2 atom stereocenters. The molecule has 0 unspecified atom stereocenters. The summed E-state index contributed by atoms with van der Waals surface area (Å²) in [6, 6.07) is 20.2. The minimum absolute atomic E-state index is 0.238. The van der Waals surface area contributed by atoms with Gasteiger partial charge in [0, 0.05) is 23.9 Å². The molecule has 0 radical (unpaired) electrons. The van der Waals surface area contributed by atoms with Gasteiger partial charge in [0.05, 0.1) is 24.4 Å². The average molecular weight is 459 g/mol. The fraction of sp³-hybridized carbons (Fsp3) is 0.192. The molecule has 1 saturated heterocycles. The van der Waals surface area contributed by atoms with Crippen molar-refractivity contribution < 1.29 is 23.8 Å². The van der Waals surface area contributed by atoms with Crippen LogP contribution >= 0.6 is 0 Å². The molecular weight excluding hydrogens is 437 g/mol. The first-order valence-corrected chi connectivity index (χ1v) is 10.8. The van der Waals surface area contributed by atoms with E-state index in [4.69, 9.17) is 14.5 Å². The highest BCUT2D eigenvalue weighted by molar-refractivity contribution is 5.93. The van der Waals surface area contributed by atoms with Gasteiger partial charge in [-0.1, -0.05) is 18.2 Å². The summed E-state index contributed by atoms with van der Waals surface area (Å²) in [5.41, 5.74) is 2.25. The van der Waals surface area contributed by atoms with E-state index in [9.17, 15) is 14.3 Å². The molecule has 34 heavy (non-hydrogen) atoms. The smallest absolute Gasteiger partial charge is 0.328 e. The van der Waals surface area contributed by atoms with Gasteiger partial charge in [0.15, 0.2) is 0 Å². The normalized spacial score (nSPS) is 17.7. The van der Waals surface area contributed by atoms with Gasteiger partial charge >= 0.3 is 5.97 Å². The summed E-state index contributed by atoms with van der Waals surface area (Å²) in [5.74, 6) is 0.728. The molecule has 0 spiro atoms. The first kappa shape index (κ1) is 21.8. The molecule has 1 N–H and O–H groups in total. The maximum Gasteiger partial charge on any atom is 0.328 e. The summed E-state index contributed by atoms with van der Waals surface area (Å²) >= 11 is 0. The van der Waals surface area contributed by atoms with Crippen LogP contribution in [-0.4, -0.2) is 46.8 Å². The highest BCUT2D eigenvalue weighted by Gasteiger charge is 2.38. The number of para-hydroxylation sites is 1. The van der Waals surface area contributed by atoms with Gasteiger partial charge in [-0.3, -0.25) is 0 Å². The highest BCUT2D eigenvalue weighted by atomic mass is 19.1. The molecule has 0 bridgehead atoms. The summed E-state index contributed by atoms with van der Waals surface area (Å²) in [6.45, 7) is 0.238. The van der Waals surface area contributed by atoms with Crippen molar-refractivity contribution in [1.82, 2.24) is 9.97 Å². The van der Waals surface area contributed by atoms with Crippen LogP contribution in [0.25, 0.3) is 22.2 Å². The maximum atomic E-state index is 13.1. The van der Waals surface area contributed by atoms with E-state index in [1.54, 1.807) is 17.0 Å². The van der Waals surface area contributed by atoms with Crippen LogP contribution in [-0.2, 0) is 9.53 Å². The molecule has 4 aromatic rings. The van der Waals surface area contributed by atoms with Gasteiger partial charge in [-0.05, 0) is 54.6 Å². The molecule has 0 saturated carbocycles. The SMILES string of the molecule is COC(=O)[C@@H]1C[C@@H](O)CN1c1nc(-c2ccc(Oc3ccc(F)cc3)cc2)c2ccccc2n1. The van der Waals surface area contributed by atoms with Gasteiger partial charge in [0.2, 0.25) is 5.95 Å². The lowest BCUT2D eigenvalue weighted by molar-refractivity contribution is -0.142. The van der Waals surface area contributed by atoms with Crippen LogP contribution in [0.2, 0.25) is 0 Å². The lowest BCUT2D eigenvalue weighted by atomic mass is 10.1. The maximum absolute atomic E-state index is 13.1. The van der Waals surface area contributed by atoms with E-state index < -0.39 is 18.1 Å². The van der Waals surface area contributed by atoms with Crippen molar-refractivity contribution in [3.8, 4) is 22.8 Å². The number of aliphatic hydroxyl groups is 1. The number of aliphatic hydroxyl groups excluding tert-OH is 1. The number of carbonyl (C=O) groups excluding carboxylic acids is 1. The molecule has 0 aliphatic carbocycles. The number of halogens is 1. The Kier molecular flexibility index (Phi) is 5.81. The number of hydrogen-bond donors (Lipinski definition) is 1. The van der Waals surface area contributed by atoms with Crippen LogP contribution in [0.3, 0.4) is 0 Å². The van der Waals surface area contributed by atoms with Crippen LogP contribution in [0.5, 0.6) is 11.5 Å². The van der Waals surface area contributed by atoms with Crippen molar-refractivity contribution in [2.24, 2.45) is 0 Å². The molecule has 172 valence electrons. The Hall–Kier alpha value is -4.04. The third-order valence-electron chi connectivity index (χ3n) is 5.78. The van der Waals surface area contributed by atoms with E-state index in [2.05, 4.69) is 4.98 Å². The van der Waals surface area contributed by atoms with Crippen LogP contribution < -0.4 is 9.64 Å². The molecule has 1 aliphatic rings. The van der Waals surface area contributed by atoms with E-state index in [1.165, 1.54) is 19.2 Å². The zero-order chi connectivity index (χ0) is 23.7. The van der Waals surface area contributed by atoms with Crippen LogP contribution in [0.1, 0.15) is 6.42 Å². The van der Waals surface area contributed by atoms with Gasteiger partial charge in [-0.15, -0.1) is 0 Å². The molecule has 2 heterocycles. The van der Waals surface area contributed by atoms with E-state index in [0.29, 0.717) is 23.1 Å². The Balaban J connectivity index is 1.51. The Bertz CT molecular complexity index is 1330. The van der Waals surface area contributed by atoms with Gasteiger partial charge in [0.1, 0.15) is 23.4 Å². The van der Waals surface area contributed by atoms with Crippen molar-refractivity contribution in [2.75, 3.05) is 18.6 Å². The number of anilines is 1. The number of hydrogen-bond acceptors (Lipinski definition) is 7.